The Bertz CT molecular complexity index is 605. The van der Waals surface area contributed by atoms with Gasteiger partial charge in [-0.15, -0.1) is 0 Å². The summed E-state index contributed by atoms with van der Waals surface area (Å²) < 4.78 is 8.38. The van der Waals surface area contributed by atoms with Gasteiger partial charge in [0.05, 0.1) is 6.10 Å². The first-order valence-corrected chi connectivity index (χ1v) is 6.99. The molecule has 2 heterocycles. The highest BCUT2D eigenvalue weighted by Gasteiger charge is 2.25. The molecule has 5 heteroatoms. The minimum atomic E-state index is 0.292. The summed E-state index contributed by atoms with van der Waals surface area (Å²) in [5.41, 5.74) is 1.08. The van der Waals surface area contributed by atoms with Crippen LogP contribution >= 0.6 is 12.2 Å². The van der Waals surface area contributed by atoms with Gasteiger partial charge in [-0.2, -0.15) is 5.10 Å². The molecular weight excluding hydrogens is 258 g/mol. The van der Waals surface area contributed by atoms with Crippen LogP contribution in [0.1, 0.15) is 13.3 Å². The molecular formula is C14H17N3OS. The van der Waals surface area contributed by atoms with Gasteiger partial charge in [0.1, 0.15) is 0 Å². The monoisotopic (exact) mass is 275 g/mol. The summed E-state index contributed by atoms with van der Waals surface area (Å²) in [5, 5.41) is 7.26. The van der Waals surface area contributed by atoms with Gasteiger partial charge in [0.25, 0.3) is 0 Å². The highest BCUT2D eigenvalue weighted by Crippen LogP contribution is 2.25. The second-order valence-corrected chi connectivity index (χ2v) is 5.34. The minimum Gasteiger partial charge on any atom is -0.378 e. The van der Waals surface area contributed by atoms with Crippen molar-refractivity contribution in [1.82, 2.24) is 14.8 Å². The molecule has 0 aliphatic carbocycles. The maximum absolute atomic E-state index is 5.62. The molecule has 0 radical (unpaired) electrons. The first kappa shape index (κ1) is 12.6. The molecule has 0 saturated carbocycles. The van der Waals surface area contributed by atoms with Gasteiger partial charge in [-0.25, -0.2) is 0 Å². The largest absolute Gasteiger partial charge is 0.378 e. The summed E-state index contributed by atoms with van der Waals surface area (Å²) in [6, 6.07) is 10.1. The Balaban J connectivity index is 1.93. The number of aromatic amines is 1. The lowest BCUT2D eigenvalue weighted by molar-refractivity contribution is 0.102. The molecule has 1 aromatic carbocycles. The maximum Gasteiger partial charge on any atom is 0.195 e. The predicted octanol–water partition coefficient (Wildman–Crippen LogP) is 3.03. The van der Waals surface area contributed by atoms with Gasteiger partial charge in [-0.3, -0.25) is 9.67 Å². The highest BCUT2D eigenvalue weighted by atomic mass is 32.1. The number of rotatable bonds is 3. The summed E-state index contributed by atoms with van der Waals surface area (Å²) in [6.07, 6.45) is 1.38. The number of aromatic nitrogens is 3. The molecule has 100 valence electrons. The number of benzene rings is 1. The molecule has 19 heavy (non-hydrogen) atoms. The molecule has 1 N–H and O–H groups in total. The van der Waals surface area contributed by atoms with E-state index in [1.165, 1.54) is 0 Å². The van der Waals surface area contributed by atoms with Crippen LogP contribution in [0.15, 0.2) is 30.3 Å². The van der Waals surface area contributed by atoms with E-state index >= 15 is 0 Å². The summed E-state index contributed by atoms with van der Waals surface area (Å²) in [5.74, 6) is 1.41. The molecule has 2 atom stereocenters. The van der Waals surface area contributed by atoms with Gasteiger partial charge in [-0.05, 0) is 25.6 Å². The Kier molecular flexibility index (Phi) is 3.48. The van der Waals surface area contributed by atoms with Gasteiger partial charge >= 0.3 is 0 Å². The fourth-order valence-corrected chi connectivity index (χ4v) is 2.75. The van der Waals surface area contributed by atoms with Crippen molar-refractivity contribution < 1.29 is 4.74 Å². The van der Waals surface area contributed by atoms with Crippen LogP contribution in [0.5, 0.6) is 0 Å². The fourth-order valence-electron chi connectivity index (χ4n) is 2.54. The van der Waals surface area contributed by atoms with Crippen molar-refractivity contribution in [3.63, 3.8) is 0 Å². The molecule has 1 saturated heterocycles. The molecule has 1 aromatic heterocycles. The quantitative estimate of drug-likeness (QED) is 0.876. The first-order chi connectivity index (χ1) is 9.25. The lowest BCUT2D eigenvalue weighted by atomic mass is 10.0. The number of hydrogen-bond donors (Lipinski definition) is 1. The number of nitrogens with zero attached hydrogens (tertiary/aromatic N) is 2. The van der Waals surface area contributed by atoms with Crippen LogP contribution in [0.25, 0.3) is 11.4 Å². The van der Waals surface area contributed by atoms with Crippen LogP contribution in [-0.4, -0.2) is 27.5 Å². The molecule has 2 unspecified atom stereocenters. The SMILES string of the molecule is CC1OCCC1Cn1c(-c2ccccc2)n[nH]c1=S. The smallest absolute Gasteiger partial charge is 0.195 e. The Labute approximate surface area is 117 Å². The number of H-pyrrole nitrogens is 1. The van der Waals surface area contributed by atoms with Crippen molar-refractivity contribution in [3.8, 4) is 11.4 Å². The molecule has 1 fully saturated rings. The molecule has 0 spiro atoms. The zero-order chi connectivity index (χ0) is 13.2. The maximum atomic E-state index is 5.62. The van der Waals surface area contributed by atoms with Crippen LogP contribution in [0.3, 0.4) is 0 Å². The van der Waals surface area contributed by atoms with Crippen LogP contribution < -0.4 is 0 Å². The van der Waals surface area contributed by atoms with Gasteiger partial charge in [-0.1, -0.05) is 30.3 Å². The van der Waals surface area contributed by atoms with Crippen LogP contribution in [0.2, 0.25) is 0 Å². The topological polar surface area (TPSA) is 42.8 Å². The van der Waals surface area contributed by atoms with E-state index < -0.39 is 0 Å². The standard InChI is InChI=1S/C14H17N3OS/c1-10-12(7-8-18-10)9-17-13(15-16-14(17)19)11-5-3-2-4-6-11/h2-6,10,12H,7-9H2,1H3,(H,16,19). The van der Waals surface area contributed by atoms with Crippen molar-refractivity contribution in [2.24, 2.45) is 5.92 Å². The van der Waals surface area contributed by atoms with E-state index in [0.717, 1.165) is 31.0 Å². The van der Waals surface area contributed by atoms with Crippen molar-refractivity contribution in [2.75, 3.05) is 6.61 Å². The Hall–Kier alpha value is -1.46. The average molecular weight is 275 g/mol. The van der Waals surface area contributed by atoms with Crippen LogP contribution in [-0.2, 0) is 11.3 Å². The molecule has 1 aliphatic rings. The van der Waals surface area contributed by atoms with E-state index in [2.05, 4.69) is 33.8 Å². The fraction of sp³-hybridized carbons (Fsp3) is 0.429. The number of ether oxygens (including phenoxy) is 1. The second kappa shape index (κ2) is 5.27. The molecule has 4 nitrogen and oxygen atoms in total. The van der Waals surface area contributed by atoms with Crippen molar-refractivity contribution in [1.29, 1.82) is 0 Å². The second-order valence-electron chi connectivity index (χ2n) is 4.95. The number of nitrogens with one attached hydrogen (secondary N) is 1. The minimum absolute atomic E-state index is 0.292. The normalized spacial score (nSPS) is 22.8. The summed E-state index contributed by atoms with van der Waals surface area (Å²) in [7, 11) is 0. The van der Waals surface area contributed by atoms with Crippen molar-refractivity contribution in [3.05, 3.63) is 35.1 Å². The molecule has 2 aromatic rings. The van der Waals surface area contributed by atoms with E-state index in [0.29, 0.717) is 16.8 Å². The van der Waals surface area contributed by atoms with Gasteiger partial charge in [0.15, 0.2) is 10.6 Å². The summed E-state index contributed by atoms with van der Waals surface area (Å²) in [6.45, 7) is 3.84. The summed E-state index contributed by atoms with van der Waals surface area (Å²) >= 11 is 5.35. The van der Waals surface area contributed by atoms with E-state index in [1.54, 1.807) is 0 Å². The Morgan fingerprint density at radius 1 is 1.42 bits per heavy atom. The van der Waals surface area contributed by atoms with Gasteiger partial charge < -0.3 is 4.74 Å². The predicted molar refractivity (Wildman–Crippen MR) is 76.4 cm³/mol. The van der Waals surface area contributed by atoms with Gasteiger partial charge in [0.2, 0.25) is 0 Å². The molecule has 3 rings (SSSR count). The third-order valence-corrected chi connectivity index (χ3v) is 4.05. The van der Waals surface area contributed by atoms with E-state index in [1.807, 2.05) is 18.2 Å². The highest BCUT2D eigenvalue weighted by molar-refractivity contribution is 7.71. The third-order valence-electron chi connectivity index (χ3n) is 3.74. The molecule has 0 amide bonds. The Morgan fingerprint density at radius 3 is 2.89 bits per heavy atom. The lowest BCUT2D eigenvalue weighted by Gasteiger charge is -2.15. The van der Waals surface area contributed by atoms with E-state index in [9.17, 15) is 0 Å². The lowest BCUT2D eigenvalue weighted by Crippen LogP contribution is -2.18. The number of hydrogen-bond acceptors (Lipinski definition) is 3. The van der Waals surface area contributed by atoms with Crippen molar-refractivity contribution in [2.45, 2.75) is 26.0 Å². The van der Waals surface area contributed by atoms with E-state index in [4.69, 9.17) is 17.0 Å². The zero-order valence-electron chi connectivity index (χ0n) is 10.9. The summed E-state index contributed by atoms with van der Waals surface area (Å²) in [4.78, 5) is 0. The molecule has 0 bridgehead atoms. The Morgan fingerprint density at radius 2 is 2.21 bits per heavy atom. The first-order valence-electron chi connectivity index (χ1n) is 6.58. The van der Waals surface area contributed by atoms with Crippen LogP contribution in [0, 0.1) is 10.7 Å². The third kappa shape index (κ3) is 2.48. The average Bonchev–Trinajstić information content (AvgIpc) is 2.99. The van der Waals surface area contributed by atoms with Crippen molar-refractivity contribution >= 4 is 12.2 Å². The zero-order valence-corrected chi connectivity index (χ0v) is 11.7. The molecule has 1 aliphatic heterocycles. The van der Waals surface area contributed by atoms with Crippen LogP contribution in [0.4, 0.5) is 0 Å². The van der Waals surface area contributed by atoms with Gasteiger partial charge in [0, 0.05) is 24.6 Å². The van der Waals surface area contributed by atoms with E-state index in [-0.39, 0.29) is 0 Å².